The Morgan fingerprint density at radius 2 is 1.74 bits per heavy atom. The van der Waals surface area contributed by atoms with Crippen LogP contribution in [0, 0.1) is 0 Å². The average molecular weight is 250 g/mol. The minimum Gasteiger partial charge on any atom is -0.379 e. The predicted octanol–water partition coefficient (Wildman–Crippen LogP) is 2.88. The van der Waals surface area contributed by atoms with Gasteiger partial charge in [-0.1, -0.05) is 42.5 Å². The van der Waals surface area contributed by atoms with Crippen molar-refractivity contribution in [1.82, 2.24) is 14.8 Å². The summed E-state index contributed by atoms with van der Waals surface area (Å²) in [5.74, 6) is 0. The van der Waals surface area contributed by atoms with Crippen LogP contribution in [0.25, 0.3) is 5.69 Å². The van der Waals surface area contributed by atoms with Gasteiger partial charge in [-0.2, -0.15) is 5.10 Å². The Morgan fingerprint density at radius 1 is 0.947 bits per heavy atom. The van der Waals surface area contributed by atoms with E-state index in [1.807, 2.05) is 42.5 Å². The van der Waals surface area contributed by atoms with E-state index in [0.29, 0.717) is 0 Å². The Bertz CT molecular complexity index is 632. The lowest BCUT2D eigenvalue weighted by Gasteiger charge is -2.11. The maximum atomic E-state index is 4.17. The minimum atomic E-state index is 0.784. The first-order valence-electron chi connectivity index (χ1n) is 6.15. The van der Waals surface area contributed by atoms with Crippen molar-refractivity contribution in [2.75, 3.05) is 5.32 Å². The third-order valence-electron chi connectivity index (χ3n) is 2.90. The van der Waals surface area contributed by atoms with Crippen LogP contribution in [0.3, 0.4) is 0 Å². The van der Waals surface area contributed by atoms with Gasteiger partial charge in [-0.25, -0.2) is 9.67 Å². The SMILES string of the molecule is c1ccc(CNc2ccccc2-n2cncn2)cc1. The first kappa shape index (κ1) is 11.5. The third-order valence-corrected chi connectivity index (χ3v) is 2.90. The fourth-order valence-corrected chi connectivity index (χ4v) is 1.95. The number of aromatic nitrogens is 3. The molecule has 4 nitrogen and oxygen atoms in total. The van der Waals surface area contributed by atoms with Gasteiger partial charge in [0.1, 0.15) is 12.7 Å². The summed E-state index contributed by atoms with van der Waals surface area (Å²) in [6.45, 7) is 0.784. The Balaban J connectivity index is 1.82. The van der Waals surface area contributed by atoms with Crippen LogP contribution in [-0.2, 0) is 6.54 Å². The molecule has 0 radical (unpaired) electrons. The molecular formula is C15H14N4. The van der Waals surface area contributed by atoms with Crippen molar-refractivity contribution in [2.24, 2.45) is 0 Å². The molecule has 0 saturated heterocycles. The zero-order valence-electron chi connectivity index (χ0n) is 10.4. The molecule has 0 unspecified atom stereocenters. The standard InChI is InChI=1S/C15H14N4/c1-2-6-13(7-3-1)10-17-14-8-4-5-9-15(14)19-12-16-11-18-19/h1-9,11-12,17H,10H2. The summed E-state index contributed by atoms with van der Waals surface area (Å²) < 4.78 is 1.76. The minimum absolute atomic E-state index is 0.784. The van der Waals surface area contributed by atoms with Crippen molar-refractivity contribution in [3.63, 3.8) is 0 Å². The summed E-state index contributed by atoms with van der Waals surface area (Å²) in [7, 11) is 0. The van der Waals surface area contributed by atoms with Crippen LogP contribution in [0.4, 0.5) is 5.69 Å². The van der Waals surface area contributed by atoms with E-state index >= 15 is 0 Å². The summed E-state index contributed by atoms with van der Waals surface area (Å²) >= 11 is 0. The van der Waals surface area contributed by atoms with Gasteiger partial charge in [0.15, 0.2) is 0 Å². The molecule has 3 aromatic rings. The molecular weight excluding hydrogens is 236 g/mol. The molecule has 1 N–H and O–H groups in total. The van der Waals surface area contributed by atoms with Crippen LogP contribution in [-0.4, -0.2) is 14.8 Å². The smallest absolute Gasteiger partial charge is 0.138 e. The van der Waals surface area contributed by atoms with Gasteiger partial charge in [0.05, 0.1) is 11.4 Å². The van der Waals surface area contributed by atoms with E-state index in [2.05, 4.69) is 27.5 Å². The van der Waals surface area contributed by atoms with E-state index in [0.717, 1.165) is 17.9 Å². The highest BCUT2D eigenvalue weighted by Crippen LogP contribution is 2.19. The summed E-state index contributed by atoms with van der Waals surface area (Å²) in [5.41, 5.74) is 3.28. The van der Waals surface area contributed by atoms with E-state index in [-0.39, 0.29) is 0 Å². The molecule has 0 spiro atoms. The fraction of sp³-hybridized carbons (Fsp3) is 0.0667. The summed E-state index contributed by atoms with van der Waals surface area (Å²) in [4.78, 5) is 3.98. The van der Waals surface area contributed by atoms with E-state index in [1.165, 1.54) is 11.9 Å². The molecule has 0 aliphatic carbocycles. The van der Waals surface area contributed by atoms with Crippen molar-refractivity contribution in [2.45, 2.75) is 6.54 Å². The van der Waals surface area contributed by atoms with Crippen molar-refractivity contribution in [3.8, 4) is 5.69 Å². The Morgan fingerprint density at radius 3 is 2.53 bits per heavy atom. The Kier molecular flexibility index (Phi) is 3.23. The zero-order valence-corrected chi connectivity index (χ0v) is 10.4. The number of hydrogen-bond donors (Lipinski definition) is 1. The summed E-state index contributed by atoms with van der Waals surface area (Å²) in [6.07, 6.45) is 3.23. The second-order valence-electron chi connectivity index (χ2n) is 4.20. The van der Waals surface area contributed by atoms with E-state index in [4.69, 9.17) is 0 Å². The maximum Gasteiger partial charge on any atom is 0.138 e. The molecule has 0 bridgehead atoms. The highest BCUT2D eigenvalue weighted by Gasteiger charge is 2.03. The van der Waals surface area contributed by atoms with Crippen molar-refractivity contribution < 1.29 is 0 Å². The van der Waals surface area contributed by atoms with Crippen LogP contribution in [0.15, 0.2) is 67.3 Å². The molecule has 0 aliphatic heterocycles. The molecule has 94 valence electrons. The maximum absolute atomic E-state index is 4.17. The van der Waals surface area contributed by atoms with Gasteiger partial charge in [0, 0.05) is 6.54 Å². The second kappa shape index (κ2) is 5.35. The number of nitrogens with zero attached hydrogens (tertiary/aromatic N) is 3. The number of anilines is 1. The average Bonchev–Trinajstić information content (AvgIpc) is 3.01. The monoisotopic (exact) mass is 250 g/mol. The normalized spacial score (nSPS) is 10.3. The number of hydrogen-bond acceptors (Lipinski definition) is 3. The third kappa shape index (κ3) is 2.63. The Hall–Kier alpha value is -2.62. The van der Waals surface area contributed by atoms with Gasteiger partial charge in [-0.05, 0) is 17.7 Å². The highest BCUT2D eigenvalue weighted by molar-refractivity contribution is 5.60. The largest absolute Gasteiger partial charge is 0.379 e. The summed E-state index contributed by atoms with van der Waals surface area (Å²) in [6, 6.07) is 18.4. The van der Waals surface area contributed by atoms with Gasteiger partial charge < -0.3 is 5.32 Å². The zero-order chi connectivity index (χ0) is 12.9. The lowest BCUT2D eigenvalue weighted by Crippen LogP contribution is -2.04. The van der Waals surface area contributed by atoms with Crippen molar-refractivity contribution in [3.05, 3.63) is 72.8 Å². The number of para-hydroxylation sites is 2. The molecule has 2 aromatic carbocycles. The van der Waals surface area contributed by atoms with Crippen LogP contribution in [0.1, 0.15) is 5.56 Å². The van der Waals surface area contributed by atoms with Crippen LogP contribution in [0.2, 0.25) is 0 Å². The second-order valence-corrected chi connectivity index (χ2v) is 4.20. The van der Waals surface area contributed by atoms with Gasteiger partial charge >= 0.3 is 0 Å². The van der Waals surface area contributed by atoms with Crippen LogP contribution in [0.5, 0.6) is 0 Å². The van der Waals surface area contributed by atoms with Gasteiger partial charge in [-0.3, -0.25) is 0 Å². The molecule has 4 heteroatoms. The van der Waals surface area contributed by atoms with Crippen LogP contribution >= 0.6 is 0 Å². The molecule has 0 aliphatic rings. The first-order valence-corrected chi connectivity index (χ1v) is 6.15. The van der Waals surface area contributed by atoms with Gasteiger partial charge in [0.25, 0.3) is 0 Å². The number of rotatable bonds is 4. The Labute approximate surface area is 111 Å². The molecule has 0 fully saturated rings. The van der Waals surface area contributed by atoms with Crippen molar-refractivity contribution >= 4 is 5.69 Å². The van der Waals surface area contributed by atoms with E-state index in [1.54, 1.807) is 11.0 Å². The summed E-state index contributed by atoms with van der Waals surface area (Å²) in [5, 5.41) is 7.60. The first-order chi connectivity index (χ1) is 9.43. The molecule has 0 amide bonds. The molecule has 1 aromatic heterocycles. The predicted molar refractivity (Wildman–Crippen MR) is 75.1 cm³/mol. The lowest BCUT2D eigenvalue weighted by molar-refractivity contribution is 0.878. The van der Waals surface area contributed by atoms with E-state index < -0.39 is 0 Å². The van der Waals surface area contributed by atoms with Gasteiger partial charge in [-0.15, -0.1) is 0 Å². The molecule has 3 rings (SSSR count). The number of benzene rings is 2. The highest BCUT2D eigenvalue weighted by atomic mass is 15.3. The number of nitrogens with one attached hydrogen (secondary N) is 1. The molecule has 1 heterocycles. The van der Waals surface area contributed by atoms with Gasteiger partial charge in [0.2, 0.25) is 0 Å². The fourth-order valence-electron chi connectivity index (χ4n) is 1.95. The topological polar surface area (TPSA) is 42.7 Å². The van der Waals surface area contributed by atoms with Crippen LogP contribution < -0.4 is 5.32 Å². The van der Waals surface area contributed by atoms with E-state index in [9.17, 15) is 0 Å². The molecule has 19 heavy (non-hydrogen) atoms. The quantitative estimate of drug-likeness (QED) is 0.774. The van der Waals surface area contributed by atoms with Crippen molar-refractivity contribution in [1.29, 1.82) is 0 Å². The lowest BCUT2D eigenvalue weighted by atomic mass is 10.2. The molecule has 0 atom stereocenters. The molecule has 0 saturated carbocycles.